The number of benzene rings is 1. The highest BCUT2D eigenvalue weighted by Crippen LogP contribution is 2.14. The molecule has 102 valence electrons. The van der Waals surface area contributed by atoms with Gasteiger partial charge in [-0.15, -0.1) is 0 Å². The van der Waals surface area contributed by atoms with Gasteiger partial charge in [0, 0.05) is 6.54 Å². The number of nitrogens with one attached hydrogen (secondary N) is 1. The van der Waals surface area contributed by atoms with Gasteiger partial charge in [-0.05, 0) is 37.1 Å². The lowest BCUT2D eigenvalue weighted by molar-refractivity contribution is 0.414. The Labute approximate surface area is 108 Å². The summed E-state index contributed by atoms with van der Waals surface area (Å²) in [5.74, 6) is 0.623. The molecule has 0 atom stereocenters. The van der Waals surface area contributed by atoms with Crippen molar-refractivity contribution in [2.45, 2.75) is 18.6 Å². The van der Waals surface area contributed by atoms with Gasteiger partial charge in [0.1, 0.15) is 5.75 Å². The lowest BCUT2D eigenvalue weighted by Crippen LogP contribution is -2.26. The van der Waals surface area contributed by atoms with Crippen molar-refractivity contribution >= 4 is 10.0 Å². The monoisotopic (exact) mass is 272 g/mol. The topological polar surface area (TPSA) is 81.4 Å². The Morgan fingerprint density at radius 3 is 2.78 bits per heavy atom. The molecule has 5 nitrogen and oxygen atoms in total. The molecule has 0 aliphatic carbocycles. The van der Waals surface area contributed by atoms with E-state index in [1.54, 1.807) is 31.4 Å². The van der Waals surface area contributed by atoms with Crippen molar-refractivity contribution in [3.63, 3.8) is 0 Å². The van der Waals surface area contributed by atoms with Gasteiger partial charge in [-0.25, -0.2) is 13.1 Å². The van der Waals surface area contributed by atoms with Crippen LogP contribution in [0.4, 0.5) is 0 Å². The van der Waals surface area contributed by atoms with Gasteiger partial charge in [0.05, 0.1) is 12.9 Å². The molecule has 0 aliphatic heterocycles. The number of unbranched alkanes of at least 4 members (excludes halogenated alkanes) is 1. The van der Waals surface area contributed by atoms with E-state index in [0.29, 0.717) is 24.4 Å². The van der Waals surface area contributed by atoms with Crippen LogP contribution in [0.25, 0.3) is 0 Å². The average molecular weight is 272 g/mol. The molecule has 18 heavy (non-hydrogen) atoms. The highest BCUT2D eigenvalue weighted by Gasteiger charge is 2.11. The second-order valence-electron chi connectivity index (χ2n) is 4.00. The third-order valence-electron chi connectivity index (χ3n) is 2.44. The quantitative estimate of drug-likeness (QED) is 0.688. The average Bonchev–Trinajstić information content (AvgIpc) is 2.34. The zero-order chi connectivity index (χ0) is 13.4. The van der Waals surface area contributed by atoms with E-state index in [1.165, 1.54) is 0 Å². The minimum absolute atomic E-state index is 0.0349. The number of methoxy groups -OCH3 is 1. The Bertz CT molecular complexity index is 460. The summed E-state index contributed by atoms with van der Waals surface area (Å²) in [7, 11) is -1.73. The standard InChI is InChI=1S/C12H20N2O3S/c1-17-12-6-4-5-11(9-12)10-18(15,16)14-8-3-2-7-13/h4-6,9,14H,2-3,7-8,10,13H2,1H3. The van der Waals surface area contributed by atoms with E-state index in [-0.39, 0.29) is 5.75 Å². The Morgan fingerprint density at radius 1 is 1.33 bits per heavy atom. The minimum atomic E-state index is -3.29. The van der Waals surface area contributed by atoms with Crippen LogP contribution < -0.4 is 15.2 Å². The molecule has 0 saturated carbocycles. The maximum absolute atomic E-state index is 11.8. The maximum atomic E-state index is 11.8. The van der Waals surface area contributed by atoms with Crippen LogP contribution in [0.3, 0.4) is 0 Å². The van der Waals surface area contributed by atoms with E-state index in [2.05, 4.69) is 4.72 Å². The van der Waals surface area contributed by atoms with E-state index >= 15 is 0 Å². The summed E-state index contributed by atoms with van der Waals surface area (Å²) in [5, 5.41) is 0. The molecule has 1 aromatic carbocycles. The fraction of sp³-hybridized carbons (Fsp3) is 0.500. The van der Waals surface area contributed by atoms with Gasteiger partial charge in [-0.2, -0.15) is 0 Å². The molecule has 0 bridgehead atoms. The Balaban J connectivity index is 2.53. The lowest BCUT2D eigenvalue weighted by Gasteiger charge is -2.07. The van der Waals surface area contributed by atoms with Crippen molar-refractivity contribution < 1.29 is 13.2 Å². The zero-order valence-corrected chi connectivity index (χ0v) is 11.4. The van der Waals surface area contributed by atoms with Crippen molar-refractivity contribution in [1.82, 2.24) is 4.72 Å². The molecule has 1 aromatic rings. The van der Waals surface area contributed by atoms with E-state index < -0.39 is 10.0 Å². The Hall–Kier alpha value is -1.11. The molecule has 0 aliphatic rings. The minimum Gasteiger partial charge on any atom is -0.497 e. The molecule has 0 aromatic heterocycles. The third kappa shape index (κ3) is 5.48. The molecule has 0 unspecified atom stereocenters. The maximum Gasteiger partial charge on any atom is 0.215 e. The van der Waals surface area contributed by atoms with Gasteiger partial charge in [0.2, 0.25) is 10.0 Å². The molecular weight excluding hydrogens is 252 g/mol. The third-order valence-corrected chi connectivity index (χ3v) is 3.80. The first-order valence-corrected chi connectivity index (χ1v) is 7.53. The van der Waals surface area contributed by atoms with Crippen molar-refractivity contribution in [1.29, 1.82) is 0 Å². The van der Waals surface area contributed by atoms with Gasteiger partial charge in [-0.3, -0.25) is 0 Å². The summed E-state index contributed by atoms with van der Waals surface area (Å²) >= 11 is 0. The predicted molar refractivity (Wildman–Crippen MR) is 71.9 cm³/mol. The lowest BCUT2D eigenvalue weighted by atomic mass is 10.2. The molecular formula is C12H20N2O3S. The van der Waals surface area contributed by atoms with Crippen LogP contribution in [0, 0.1) is 0 Å². The van der Waals surface area contributed by atoms with E-state index in [1.807, 2.05) is 0 Å². The summed E-state index contributed by atoms with van der Waals surface area (Å²) in [6, 6.07) is 7.05. The number of hydrogen-bond acceptors (Lipinski definition) is 4. The Morgan fingerprint density at radius 2 is 2.11 bits per heavy atom. The van der Waals surface area contributed by atoms with Crippen LogP contribution in [-0.2, 0) is 15.8 Å². The van der Waals surface area contributed by atoms with Gasteiger partial charge in [0.25, 0.3) is 0 Å². The smallest absolute Gasteiger partial charge is 0.215 e. The van der Waals surface area contributed by atoms with Crippen LogP contribution in [-0.4, -0.2) is 28.6 Å². The summed E-state index contributed by atoms with van der Waals surface area (Å²) in [5.41, 5.74) is 6.05. The highest BCUT2D eigenvalue weighted by molar-refractivity contribution is 7.88. The second-order valence-corrected chi connectivity index (χ2v) is 5.81. The molecule has 1 rings (SSSR count). The van der Waals surface area contributed by atoms with E-state index in [9.17, 15) is 8.42 Å². The predicted octanol–water partition coefficient (Wildman–Crippen LogP) is 0.853. The molecule has 0 saturated heterocycles. The van der Waals surface area contributed by atoms with Gasteiger partial charge < -0.3 is 10.5 Å². The van der Waals surface area contributed by atoms with Crippen molar-refractivity contribution in [3.05, 3.63) is 29.8 Å². The number of rotatable bonds is 8. The molecule has 0 amide bonds. The SMILES string of the molecule is COc1cccc(CS(=O)(=O)NCCCCN)c1. The molecule has 0 spiro atoms. The van der Waals surface area contributed by atoms with Crippen LogP contribution in [0.15, 0.2) is 24.3 Å². The number of hydrogen-bond donors (Lipinski definition) is 2. The van der Waals surface area contributed by atoms with Crippen LogP contribution in [0.1, 0.15) is 18.4 Å². The zero-order valence-electron chi connectivity index (χ0n) is 10.6. The summed E-state index contributed by atoms with van der Waals surface area (Å²) < 4.78 is 31.2. The first-order chi connectivity index (χ1) is 8.57. The normalized spacial score (nSPS) is 11.4. The van der Waals surface area contributed by atoms with E-state index in [4.69, 9.17) is 10.5 Å². The molecule has 3 N–H and O–H groups in total. The second kappa shape index (κ2) is 7.35. The number of nitrogens with two attached hydrogens (primary N) is 1. The van der Waals surface area contributed by atoms with Gasteiger partial charge in [-0.1, -0.05) is 12.1 Å². The molecule has 0 heterocycles. The molecule has 0 radical (unpaired) electrons. The first kappa shape index (κ1) is 14.9. The fourth-order valence-electron chi connectivity index (χ4n) is 1.53. The largest absolute Gasteiger partial charge is 0.497 e. The van der Waals surface area contributed by atoms with Crippen molar-refractivity contribution in [2.75, 3.05) is 20.2 Å². The molecule has 6 heteroatoms. The van der Waals surface area contributed by atoms with Gasteiger partial charge >= 0.3 is 0 Å². The Kier molecular flexibility index (Phi) is 6.11. The van der Waals surface area contributed by atoms with Crippen LogP contribution in [0.5, 0.6) is 5.75 Å². The number of sulfonamides is 1. The molecule has 0 fully saturated rings. The first-order valence-electron chi connectivity index (χ1n) is 5.88. The van der Waals surface area contributed by atoms with Crippen molar-refractivity contribution in [2.24, 2.45) is 5.73 Å². The van der Waals surface area contributed by atoms with E-state index in [0.717, 1.165) is 12.8 Å². The highest BCUT2D eigenvalue weighted by atomic mass is 32.2. The van der Waals surface area contributed by atoms with Crippen molar-refractivity contribution in [3.8, 4) is 5.75 Å². The summed E-state index contributed by atoms with van der Waals surface area (Å²) in [6.45, 7) is 1.01. The van der Waals surface area contributed by atoms with Gasteiger partial charge in [0.15, 0.2) is 0 Å². The fourth-order valence-corrected chi connectivity index (χ4v) is 2.71. The summed E-state index contributed by atoms with van der Waals surface area (Å²) in [4.78, 5) is 0. The summed E-state index contributed by atoms with van der Waals surface area (Å²) in [6.07, 6.45) is 1.58. The van der Waals surface area contributed by atoms with Crippen LogP contribution >= 0.6 is 0 Å². The number of ether oxygens (including phenoxy) is 1. The van der Waals surface area contributed by atoms with Crippen LogP contribution in [0.2, 0.25) is 0 Å².